The summed E-state index contributed by atoms with van der Waals surface area (Å²) in [5.74, 6) is -5.06. The molecule has 0 heterocycles. The molecule has 0 aliphatic heterocycles. The maximum atomic E-state index is 12.2. The number of carbonyl (C=O) groups is 1. The summed E-state index contributed by atoms with van der Waals surface area (Å²) in [7, 11) is 0. The molecule has 0 aliphatic rings. The second-order valence-corrected chi connectivity index (χ2v) is 2.51. The molecule has 8 heteroatoms. The number of halogens is 5. The monoisotopic (exact) mass is 224 g/mol. The Bertz CT molecular complexity index is 202. The second kappa shape index (κ2) is 3.69. The average Bonchev–Trinajstić information content (AvgIpc) is 1.82. The highest BCUT2D eigenvalue weighted by molar-refractivity contribution is 7.96. The van der Waals surface area contributed by atoms with Crippen LogP contribution in [0.25, 0.3) is 0 Å². The van der Waals surface area contributed by atoms with Crippen LogP contribution in [0.4, 0.5) is 26.7 Å². The summed E-state index contributed by atoms with van der Waals surface area (Å²) < 4.78 is 62.8. The minimum Gasteiger partial charge on any atom is -0.448 e. The Morgan fingerprint density at radius 1 is 1.31 bits per heavy atom. The maximum Gasteiger partial charge on any atom is 0.457 e. The lowest BCUT2D eigenvalue weighted by Crippen LogP contribution is -2.47. The summed E-state index contributed by atoms with van der Waals surface area (Å²) >= 11 is 2.90. The molecule has 0 aliphatic carbocycles. The minimum absolute atomic E-state index is 0.432. The highest BCUT2D eigenvalue weighted by atomic mass is 32.1. The van der Waals surface area contributed by atoms with Gasteiger partial charge in [-0.25, -0.2) is 4.79 Å². The predicted octanol–water partition coefficient (Wildman–Crippen LogP) is 2.64. The maximum absolute atomic E-state index is 12.2. The van der Waals surface area contributed by atoms with Crippen molar-refractivity contribution in [3.05, 3.63) is 0 Å². The van der Waals surface area contributed by atoms with E-state index in [-0.39, 0.29) is 0 Å². The van der Waals surface area contributed by atoms with Gasteiger partial charge >= 0.3 is 17.4 Å². The zero-order valence-electron chi connectivity index (χ0n) is 6.23. The number of hydrogen-bond donors (Lipinski definition) is 1. The third-order valence-corrected chi connectivity index (χ3v) is 1.27. The smallest absolute Gasteiger partial charge is 0.448 e. The Morgan fingerprint density at radius 3 is 1.92 bits per heavy atom. The molecule has 13 heavy (non-hydrogen) atoms. The molecule has 78 valence electrons. The first kappa shape index (κ1) is 12.5. The Hall–Kier alpha value is -0.530. The number of hydrogen-bond acceptors (Lipinski definition) is 2. The van der Waals surface area contributed by atoms with Gasteiger partial charge in [-0.2, -0.15) is 22.0 Å². The van der Waals surface area contributed by atoms with Crippen molar-refractivity contribution in [1.82, 2.24) is 0 Å². The van der Waals surface area contributed by atoms with Crippen molar-refractivity contribution in [1.29, 1.82) is 0 Å². The molecule has 0 N–H and O–H groups in total. The van der Waals surface area contributed by atoms with Crippen LogP contribution in [-0.4, -0.2) is 23.5 Å². The van der Waals surface area contributed by atoms with Gasteiger partial charge in [-0.15, -0.1) is 0 Å². The van der Waals surface area contributed by atoms with E-state index >= 15 is 0 Å². The number of alkyl halides is 5. The van der Waals surface area contributed by atoms with Gasteiger partial charge in [0.15, 0.2) is 6.10 Å². The third kappa shape index (κ3) is 3.02. The van der Waals surface area contributed by atoms with E-state index in [2.05, 4.69) is 17.4 Å². The van der Waals surface area contributed by atoms with Crippen LogP contribution in [0.5, 0.6) is 0 Å². The van der Waals surface area contributed by atoms with Gasteiger partial charge in [0.05, 0.1) is 0 Å². The quantitative estimate of drug-likeness (QED) is 0.443. The van der Waals surface area contributed by atoms with E-state index < -0.39 is 23.5 Å². The molecule has 0 fully saturated rings. The SMILES string of the molecule is CC(OC(=O)S)C(F)(F)C(F)(F)F. The molecule has 1 atom stereocenters. The van der Waals surface area contributed by atoms with Crippen molar-refractivity contribution in [2.75, 3.05) is 0 Å². The molecule has 0 spiro atoms. The molecular formula is C5H5F5O2S. The van der Waals surface area contributed by atoms with Crippen LogP contribution in [0.15, 0.2) is 0 Å². The minimum atomic E-state index is -5.74. The van der Waals surface area contributed by atoms with Crippen molar-refractivity contribution in [3.8, 4) is 0 Å². The molecule has 0 rings (SSSR count). The van der Waals surface area contributed by atoms with Gasteiger partial charge in [-0.1, -0.05) is 12.6 Å². The lowest BCUT2D eigenvalue weighted by Gasteiger charge is -2.24. The second-order valence-electron chi connectivity index (χ2n) is 2.15. The summed E-state index contributed by atoms with van der Waals surface area (Å²) in [5, 5.41) is -1.49. The van der Waals surface area contributed by atoms with Gasteiger partial charge in [0, 0.05) is 0 Å². The highest BCUT2D eigenvalue weighted by Gasteiger charge is 2.62. The molecular weight excluding hydrogens is 219 g/mol. The number of ether oxygens (including phenoxy) is 1. The molecule has 0 amide bonds. The van der Waals surface area contributed by atoms with Crippen LogP contribution < -0.4 is 0 Å². The number of rotatable bonds is 2. The molecule has 0 aromatic rings. The zero-order chi connectivity index (χ0) is 10.9. The van der Waals surface area contributed by atoms with Crippen molar-refractivity contribution >= 4 is 17.9 Å². The van der Waals surface area contributed by atoms with Gasteiger partial charge in [0.1, 0.15) is 0 Å². The molecule has 0 saturated carbocycles. The van der Waals surface area contributed by atoms with E-state index in [0.29, 0.717) is 6.92 Å². The standard InChI is InChI=1S/C5H5F5O2S/c1-2(12-3(11)13)4(6,7)5(8,9)10/h2H,1H3,(H,11,13). The van der Waals surface area contributed by atoms with Crippen LogP contribution in [-0.2, 0) is 4.74 Å². The topological polar surface area (TPSA) is 26.3 Å². The van der Waals surface area contributed by atoms with Crippen molar-refractivity contribution < 1.29 is 31.5 Å². The fraction of sp³-hybridized carbons (Fsp3) is 0.800. The van der Waals surface area contributed by atoms with Gasteiger partial charge < -0.3 is 4.74 Å². The van der Waals surface area contributed by atoms with E-state index in [9.17, 15) is 26.7 Å². The average molecular weight is 224 g/mol. The first-order valence-corrected chi connectivity index (χ1v) is 3.38. The lowest BCUT2D eigenvalue weighted by atomic mass is 10.2. The Morgan fingerprint density at radius 2 is 1.69 bits per heavy atom. The largest absolute Gasteiger partial charge is 0.457 e. The fourth-order valence-electron chi connectivity index (χ4n) is 0.456. The Labute approximate surface area is 75.5 Å². The molecule has 2 nitrogen and oxygen atoms in total. The van der Waals surface area contributed by atoms with E-state index in [1.54, 1.807) is 0 Å². The van der Waals surface area contributed by atoms with Gasteiger partial charge in [-0.3, -0.25) is 0 Å². The molecule has 0 aromatic carbocycles. The van der Waals surface area contributed by atoms with Crippen LogP contribution in [0.1, 0.15) is 6.92 Å². The summed E-state index contributed by atoms with van der Waals surface area (Å²) in [5.41, 5.74) is 0. The Balaban J connectivity index is 4.54. The molecule has 0 aromatic heterocycles. The fourth-order valence-corrected chi connectivity index (χ4v) is 0.614. The van der Waals surface area contributed by atoms with Crippen LogP contribution in [0, 0.1) is 0 Å². The lowest BCUT2D eigenvalue weighted by molar-refractivity contribution is -0.308. The first-order chi connectivity index (χ1) is 5.59. The van der Waals surface area contributed by atoms with Crippen LogP contribution in [0.2, 0.25) is 0 Å². The number of thiol groups is 1. The Kier molecular flexibility index (Phi) is 3.54. The summed E-state index contributed by atoms with van der Waals surface area (Å²) in [6, 6.07) is 0. The van der Waals surface area contributed by atoms with E-state index in [0.717, 1.165) is 0 Å². The van der Waals surface area contributed by atoms with Gasteiger partial charge in [0.25, 0.3) is 0 Å². The molecule has 0 radical (unpaired) electrons. The first-order valence-electron chi connectivity index (χ1n) is 2.93. The van der Waals surface area contributed by atoms with Crippen molar-refractivity contribution in [2.24, 2.45) is 0 Å². The molecule has 0 bridgehead atoms. The summed E-state index contributed by atoms with van der Waals surface area (Å²) in [4.78, 5) is 9.97. The van der Waals surface area contributed by atoms with E-state index in [4.69, 9.17) is 0 Å². The summed E-state index contributed by atoms with van der Waals surface area (Å²) in [6.45, 7) is 0.432. The predicted molar refractivity (Wildman–Crippen MR) is 35.9 cm³/mol. The molecule has 0 saturated heterocycles. The third-order valence-electron chi connectivity index (χ3n) is 1.17. The zero-order valence-corrected chi connectivity index (χ0v) is 7.13. The van der Waals surface area contributed by atoms with Crippen molar-refractivity contribution in [3.63, 3.8) is 0 Å². The number of carbonyl (C=O) groups excluding carboxylic acids is 1. The summed E-state index contributed by atoms with van der Waals surface area (Å²) in [6.07, 6.45) is -8.33. The van der Waals surface area contributed by atoms with Gasteiger partial charge in [-0.05, 0) is 6.92 Å². The normalized spacial score (nSPS) is 15.3. The molecule has 1 unspecified atom stereocenters. The van der Waals surface area contributed by atoms with E-state index in [1.807, 2.05) is 0 Å². The van der Waals surface area contributed by atoms with Gasteiger partial charge in [0.2, 0.25) is 0 Å². The van der Waals surface area contributed by atoms with E-state index in [1.165, 1.54) is 0 Å². The highest BCUT2D eigenvalue weighted by Crippen LogP contribution is 2.39. The van der Waals surface area contributed by atoms with Crippen molar-refractivity contribution in [2.45, 2.75) is 25.1 Å². The van der Waals surface area contributed by atoms with Crippen LogP contribution in [0.3, 0.4) is 0 Å². The van der Waals surface area contributed by atoms with Crippen LogP contribution >= 0.6 is 12.6 Å².